The third-order valence-corrected chi connectivity index (χ3v) is 1.51. The molecule has 72 valence electrons. The minimum Gasteiger partial charge on any atom is -1.00 e. The van der Waals surface area contributed by atoms with E-state index in [1.807, 2.05) is 0 Å². The van der Waals surface area contributed by atoms with Crippen LogP contribution in [0.1, 0.15) is 10.4 Å². The van der Waals surface area contributed by atoms with E-state index in [-0.39, 0.29) is 23.9 Å². The van der Waals surface area contributed by atoms with Gasteiger partial charge in [-0.25, -0.2) is 0 Å². The van der Waals surface area contributed by atoms with Crippen LogP contribution < -0.4 is 17.7 Å². The number of hydrogen-bond donors (Lipinski definition) is 2. The number of carbonyl (C=O) groups is 1. The van der Waals surface area contributed by atoms with Gasteiger partial charge in [0.2, 0.25) is 0 Å². The van der Waals surface area contributed by atoms with Gasteiger partial charge in [0.1, 0.15) is 5.75 Å². The van der Waals surface area contributed by atoms with Gasteiger partial charge in [-0.05, 0) is 19.2 Å². The molecule has 0 aliphatic rings. The molecule has 0 amide bonds. The maximum Gasteiger partial charge on any atom is 0.176 e. The van der Waals surface area contributed by atoms with Crippen molar-refractivity contribution in [3.63, 3.8) is 0 Å². The van der Waals surface area contributed by atoms with Crippen LogP contribution in [0.25, 0.3) is 0 Å². The van der Waals surface area contributed by atoms with Crippen molar-refractivity contribution in [3.05, 3.63) is 29.8 Å². The van der Waals surface area contributed by atoms with Gasteiger partial charge in [-0.2, -0.15) is 0 Å². The highest BCUT2D eigenvalue weighted by Crippen LogP contribution is 2.10. The summed E-state index contributed by atoms with van der Waals surface area (Å²) in [5.74, 6) is 0.102. The normalized spacial score (nSPS) is 9.00. The molecular weight excluding hydrogens is 190 g/mol. The van der Waals surface area contributed by atoms with Crippen LogP contribution in [-0.4, -0.2) is 24.5 Å². The lowest BCUT2D eigenvalue weighted by atomic mass is 10.1. The number of hydrogen-bond acceptors (Lipinski definition) is 3. The van der Waals surface area contributed by atoms with Crippen LogP contribution in [0.3, 0.4) is 0 Å². The second kappa shape index (κ2) is 5.56. The molecule has 0 aliphatic carbocycles. The van der Waals surface area contributed by atoms with Crippen LogP contribution in [0.4, 0.5) is 0 Å². The Morgan fingerprint density at radius 3 is 2.77 bits per heavy atom. The zero-order valence-corrected chi connectivity index (χ0v) is 8.01. The number of phenols is 1. The Kier molecular flexibility index (Phi) is 5.11. The molecule has 1 rings (SSSR count). The van der Waals surface area contributed by atoms with Crippen LogP contribution in [0.15, 0.2) is 24.3 Å². The lowest BCUT2D eigenvalue weighted by Crippen LogP contribution is -3.00. The summed E-state index contributed by atoms with van der Waals surface area (Å²) >= 11 is 0. The first-order valence-corrected chi connectivity index (χ1v) is 3.71. The monoisotopic (exact) mass is 200 g/mol. The van der Waals surface area contributed by atoms with Gasteiger partial charge >= 0.3 is 0 Å². The Labute approximate surface area is 83.2 Å². The van der Waals surface area contributed by atoms with Crippen molar-refractivity contribution in [2.45, 2.75) is 0 Å². The average Bonchev–Trinajstić information content (AvgIpc) is 2.05. The average molecular weight is 201 g/mol. The predicted octanol–water partition coefficient (Wildman–Crippen LogP) is -2.20. The molecule has 0 radical (unpaired) electrons. The van der Waals surface area contributed by atoms with E-state index < -0.39 is 0 Å². The number of phenolic OH excluding ortho intramolecular Hbond substituents is 1. The zero-order chi connectivity index (χ0) is 8.97. The summed E-state index contributed by atoms with van der Waals surface area (Å²) in [6, 6.07) is 6.33. The predicted molar refractivity (Wildman–Crippen MR) is 46.4 cm³/mol. The molecule has 0 aromatic heterocycles. The summed E-state index contributed by atoms with van der Waals surface area (Å²) in [6.45, 7) is 0.295. The fraction of sp³-hybridized carbons (Fsp3) is 0.222. The minimum atomic E-state index is -0.0200. The first kappa shape index (κ1) is 11.9. The number of aromatic hydroxyl groups is 1. The number of nitrogens with one attached hydrogen (secondary N) is 1. The first-order chi connectivity index (χ1) is 5.74. The number of halogens is 1. The fourth-order valence-corrected chi connectivity index (χ4v) is 0.942. The van der Waals surface area contributed by atoms with Crippen molar-refractivity contribution in [1.29, 1.82) is 0 Å². The maximum atomic E-state index is 11.2. The van der Waals surface area contributed by atoms with Crippen LogP contribution in [0.5, 0.6) is 5.75 Å². The van der Waals surface area contributed by atoms with E-state index in [1.165, 1.54) is 12.1 Å². The Morgan fingerprint density at radius 1 is 1.54 bits per heavy atom. The highest BCUT2D eigenvalue weighted by Gasteiger charge is 2.03. The summed E-state index contributed by atoms with van der Waals surface area (Å²) in [6.07, 6.45) is 0. The van der Waals surface area contributed by atoms with E-state index >= 15 is 0 Å². The van der Waals surface area contributed by atoms with Gasteiger partial charge in [0.05, 0.1) is 6.54 Å². The minimum absolute atomic E-state index is 0. The van der Waals surface area contributed by atoms with Gasteiger partial charge in [-0.15, -0.1) is 0 Å². The van der Waals surface area contributed by atoms with Gasteiger partial charge in [-0.3, -0.25) is 4.79 Å². The number of likely N-dealkylation sites (N-methyl/N-ethyl adjacent to an activating group) is 1. The molecule has 2 N–H and O–H groups in total. The van der Waals surface area contributed by atoms with E-state index in [0.29, 0.717) is 12.1 Å². The third kappa shape index (κ3) is 3.44. The fourth-order valence-electron chi connectivity index (χ4n) is 0.942. The number of ketones is 1. The molecule has 0 atom stereocenters. The summed E-state index contributed by atoms with van der Waals surface area (Å²) in [5, 5.41) is 11.8. The second-order valence-electron chi connectivity index (χ2n) is 2.50. The van der Waals surface area contributed by atoms with Gasteiger partial charge < -0.3 is 22.8 Å². The quantitative estimate of drug-likeness (QED) is 0.545. The summed E-state index contributed by atoms with van der Waals surface area (Å²) < 4.78 is 0. The molecule has 0 bridgehead atoms. The van der Waals surface area contributed by atoms with E-state index in [2.05, 4.69) is 5.32 Å². The van der Waals surface area contributed by atoms with Gasteiger partial charge in [-0.1, -0.05) is 12.1 Å². The van der Waals surface area contributed by atoms with Crippen molar-refractivity contribution in [2.24, 2.45) is 0 Å². The Bertz CT molecular complexity index is 289. The highest BCUT2D eigenvalue weighted by molar-refractivity contribution is 5.97. The number of rotatable bonds is 3. The van der Waals surface area contributed by atoms with Crippen molar-refractivity contribution in [3.8, 4) is 5.75 Å². The van der Waals surface area contributed by atoms with Crippen LogP contribution in [0, 0.1) is 0 Å². The Balaban J connectivity index is 0.00000144. The molecule has 0 saturated heterocycles. The van der Waals surface area contributed by atoms with Crippen molar-refractivity contribution < 1.29 is 22.3 Å². The SMILES string of the molecule is CNCC(=O)c1cccc(O)c1.[Cl-]. The van der Waals surface area contributed by atoms with Crippen molar-refractivity contribution in [2.75, 3.05) is 13.6 Å². The third-order valence-electron chi connectivity index (χ3n) is 1.51. The van der Waals surface area contributed by atoms with Gasteiger partial charge in [0.15, 0.2) is 5.78 Å². The molecule has 0 saturated carbocycles. The van der Waals surface area contributed by atoms with Crippen LogP contribution in [-0.2, 0) is 0 Å². The van der Waals surface area contributed by atoms with Crippen molar-refractivity contribution >= 4 is 5.78 Å². The molecule has 1 aromatic carbocycles. The summed E-state index contributed by atoms with van der Waals surface area (Å²) in [5.41, 5.74) is 0.532. The number of benzene rings is 1. The molecule has 0 spiro atoms. The molecule has 0 heterocycles. The maximum absolute atomic E-state index is 11.2. The van der Waals surface area contributed by atoms with Gasteiger partial charge in [0.25, 0.3) is 0 Å². The molecule has 13 heavy (non-hydrogen) atoms. The number of Topliss-reactive ketones (excluding diaryl/α,β-unsaturated/α-hetero) is 1. The number of carbonyl (C=O) groups excluding carboxylic acids is 1. The van der Waals surface area contributed by atoms with Gasteiger partial charge in [0, 0.05) is 5.56 Å². The van der Waals surface area contributed by atoms with E-state index in [4.69, 9.17) is 5.11 Å². The topological polar surface area (TPSA) is 49.3 Å². The highest BCUT2D eigenvalue weighted by atomic mass is 35.5. The molecule has 4 heteroatoms. The Morgan fingerprint density at radius 2 is 2.23 bits per heavy atom. The zero-order valence-electron chi connectivity index (χ0n) is 7.25. The molecule has 0 unspecified atom stereocenters. The lowest BCUT2D eigenvalue weighted by molar-refractivity contribution is -0.0000112. The first-order valence-electron chi connectivity index (χ1n) is 3.71. The molecule has 3 nitrogen and oxygen atoms in total. The Hall–Kier alpha value is -1.06. The smallest absolute Gasteiger partial charge is 0.176 e. The molecule has 0 fully saturated rings. The van der Waals surface area contributed by atoms with E-state index in [9.17, 15) is 4.79 Å². The standard InChI is InChI=1S/C9H11NO2.ClH/c1-10-6-9(12)7-3-2-4-8(11)5-7;/h2-5,10-11H,6H2,1H3;1H/p-1. The van der Waals surface area contributed by atoms with E-state index in [0.717, 1.165) is 0 Å². The summed E-state index contributed by atoms with van der Waals surface area (Å²) in [4.78, 5) is 11.2. The van der Waals surface area contributed by atoms with E-state index in [1.54, 1.807) is 19.2 Å². The molecule has 0 aliphatic heterocycles. The van der Waals surface area contributed by atoms with Crippen LogP contribution in [0.2, 0.25) is 0 Å². The van der Waals surface area contributed by atoms with Crippen LogP contribution >= 0.6 is 0 Å². The second-order valence-corrected chi connectivity index (χ2v) is 2.50. The molecular formula is C9H11ClNO2-. The van der Waals surface area contributed by atoms with Crippen molar-refractivity contribution in [1.82, 2.24) is 5.32 Å². The molecule has 1 aromatic rings. The summed E-state index contributed by atoms with van der Waals surface area (Å²) in [7, 11) is 1.71. The largest absolute Gasteiger partial charge is 1.00 e. The lowest BCUT2D eigenvalue weighted by Gasteiger charge is -1.99.